The van der Waals surface area contributed by atoms with Crippen LogP contribution in [0.5, 0.6) is 11.6 Å². The number of nitrogens with zero attached hydrogens (tertiary/aromatic N) is 1. The van der Waals surface area contributed by atoms with E-state index in [4.69, 9.17) is 21.4 Å². The van der Waals surface area contributed by atoms with Gasteiger partial charge in [-0.3, -0.25) is 0 Å². The summed E-state index contributed by atoms with van der Waals surface area (Å²) in [4.78, 5) is 4.09. The highest BCUT2D eigenvalue weighted by atomic mass is 35.5. The number of rotatable bonds is 4. The molecule has 2 aromatic rings. The maximum absolute atomic E-state index is 9.14. The van der Waals surface area contributed by atoms with Crippen LogP contribution in [-0.4, -0.2) is 10.1 Å². The molecule has 0 unspecified atom stereocenters. The van der Waals surface area contributed by atoms with Crippen LogP contribution in [0, 0.1) is 0 Å². The molecule has 3 nitrogen and oxygen atoms in total. The van der Waals surface area contributed by atoms with E-state index >= 15 is 0 Å². The Labute approximate surface area is 111 Å². The Bertz CT molecular complexity index is 543. The van der Waals surface area contributed by atoms with Gasteiger partial charge in [-0.15, -0.1) is 0 Å². The molecular formula is C14H14ClNO2. The largest absolute Gasteiger partial charge is 0.439 e. The molecule has 4 heteroatoms. The Morgan fingerprint density at radius 3 is 2.78 bits per heavy atom. The fourth-order valence-corrected chi connectivity index (χ4v) is 1.81. The molecule has 1 heterocycles. The van der Waals surface area contributed by atoms with E-state index in [0.29, 0.717) is 16.5 Å². The highest BCUT2D eigenvalue weighted by Crippen LogP contribution is 2.26. The second kappa shape index (κ2) is 5.85. The summed E-state index contributed by atoms with van der Waals surface area (Å²) >= 11 is 5.88. The zero-order valence-corrected chi connectivity index (χ0v) is 10.8. The average Bonchev–Trinajstić information content (AvgIpc) is 2.41. The minimum atomic E-state index is -0.132. The number of halogens is 1. The molecule has 18 heavy (non-hydrogen) atoms. The fourth-order valence-electron chi connectivity index (χ4n) is 1.64. The number of aryl methyl sites for hydroxylation is 1. The van der Waals surface area contributed by atoms with Crippen LogP contribution in [0.2, 0.25) is 5.02 Å². The Morgan fingerprint density at radius 1 is 1.28 bits per heavy atom. The van der Waals surface area contributed by atoms with Gasteiger partial charge in [-0.25, -0.2) is 4.98 Å². The first-order valence-electron chi connectivity index (χ1n) is 5.75. The summed E-state index contributed by atoms with van der Waals surface area (Å²) < 4.78 is 5.72. The molecule has 0 saturated carbocycles. The molecule has 0 saturated heterocycles. The molecule has 0 atom stereocenters. The van der Waals surface area contributed by atoms with Gasteiger partial charge in [0.2, 0.25) is 5.88 Å². The second-order valence-corrected chi connectivity index (χ2v) is 4.24. The van der Waals surface area contributed by atoms with E-state index in [0.717, 1.165) is 17.7 Å². The molecule has 0 spiro atoms. The minimum absolute atomic E-state index is 0.132. The van der Waals surface area contributed by atoms with Crippen LogP contribution in [0.1, 0.15) is 18.1 Å². The third-order valence-electron chi connectivity index (χ3n) is 2.65. The molecule has 0 radical (unpaired) electrons. The zero-order chi connectivity index (χ0) is 13.0. The highest BCUT2D eigenvalue weighted by Gasteiger charge is 2.06. The van der Waals surface area contributed by atoms with E-state index in [-0.39, 0.29) is 6.61 Å². The summed E-state index contributed by atoms with van der Waals surface area (Å²) in [7, 11) is 0. The number of pyridine rings is 1. The van der Waals surface area contributed by atoms with Crippen LogP contribution in [-0.2, 0) is 13.0 Å². The molecule has 0 aliphatic heterocycles. The van der Waals surface area contributed by atoms with Crippen LogP contribution in [0.25, 0.3) is 0 Å². The fraction of sp³-hybridized carbons (Fsp3) is 0.214. The van der Waals surface area contributed by atoms with E-state index in [1.807, 2.05) is 24.3 Å². The molecule has 0 bridgehead atoms. The van der Waals surface area contributed by atoms with Crippen LogP contribution in [0.4, 0.5) is 0 Å². The second-order valence-electron chi connectivity index (χ2n) is 3.84. The molecule has 94 valence electrons. The molecule has 2 rings (SSSR count). The third-order valence-corrected chi connectivity index (χ3v) is 2.99. The normalized spacial score (nSPS) is 10.4. The van der Waals surface area contributed by atoms with Crippen LogP contribution < -0.4 is 4.74 Å². The number of ether oxygens (including phenoxy) is 1. The van der Waals surface area contributed by atoms with Gasteiger partial charge in [0.05, 0.1) is 11.6 Å². The van der Waals surface area contributed by atoms with Crippen molar-refractivity contribution in [3.05, 3.63) is 52.7 Å². The van der Waals surface area contributed by atoms with E-state index < -0.39 is 0 Å². The quantitative estimate of drug-likeness (QED) is 0.917. The van der Waals surface area contributed by atoms with Crippen LogP contribution >= 0.6 is 11.6 Å². The van der Waals surface area contributed by atoms with Gasteiger partial charge in [0.1, 0.15) is 5.75 Å². The topological polar surface area (TPSA) is 42.4 Å². The first-order valence-corrected chi connectivity index (χ1v) is 6.13. The summed E-state index contributed by atoms with van der Waals surface area (Å²) in [6.45, 7) is 1.93. The number of benzene rings is 1. The van der Waals surface area contributed by atoms with Gasteiger partial charge in [0.15, 0.2) is 0 Å². The summed E-state index contributed by atoms with van der Waals surface area (Å²) in [5, 5.41) is 9.58. The van der Waals surface area contributed by atoms with Crippen molar-refractivity contribution in [2.45, 2.75) is 20.0 Å². The summed E-state index contributed by atoms with van der Waals surface area (Å²) in [6, 6.07) is 9.44. The van der Waals surface area contributed by atoms with Crippen molar-refractivity contribution < 1.29 is 9.84 Å². The van der Waals surface area contributed by atoms with Crippen molar-refractivity contribution in [3.8, 4) is 11.6 Å². The summed E-state index contributed by atoms with van der Waals surface area (Å²) in [6.07, 6.45) is 2.37. The van der Waals surface area contributed by atoms with E-state index in [2.05, 4.69) is 11.9 Å². The number of aliphatic hydroxyl groups is 1. The van der Waals surface area contributed by atoms with Gasteiger partial charge in [-0.1, -0.05) is 36.7 Å². The van der Waals surface area contributed by atoms with Crippen molar-refractivity contribution in [3.63, 3.8) is 0 Å². The SMILES string of the molecule is CCc1ccccc1Oc1cc(CO)c(Cl)cn1. The maximum Gasteiger partial charge on any atom is 0.219 e. The lowest BCUT2D eigenvalue weighted by molar-refractivity contribution is 0.281. The predicted octanol–water partition coefficient (Wildman–Crippen LogP) is 3.58. The van der Waals surface area contributed by atoms with Crippen molar-refractivity contribution in [2.75, 3.05) is 0 Å². The highest BCUT2D eigenvalue weighted by molar-refractivity contribution is 6.31. The lowest BCUT2D eigenvalue weighted by Crippen LogP contribution is -1.94. The van der Waals surface area contributed by atoms with Gasteiger partial charge in [0.25, 0.3) is 0 Å². The van der Waals surface area contributed by atoms with Crippen molar-refractivity contribution in [2.24, 2.45) is 0 Å². The molecule has 0 aliphatic carbocycles. The summed E-state index contributed by atoms with van der Waals surface area (Å²) in [5.74, 6) is 1.21. The number of hydrogen-bond donors (Lipinski definition) is 1. The Kier molecular flexibility index (Phi) is 4.18. The Hall–Kier alpha value is -1.58. The van der Waals surface area contributed by atoms with Gasteiger partial charge in [-0.2, -0.15) is 0 Å². The smallest absolute Gasteiger partial charge is 0.219 e. The molecular weight excluding hydrogens is 250 g/mol. The van der Waals surface area contributed by atoms with Crippen molar-refractivity contribution in [1.29, 1.82) is 0 Å². The maximum atomic E-state index is 9.14. The van der Waals surface area contributed by atoms with E-state index in [9.17, 15) is 0 Å². The predicted molar refractivity (Wildman–Crippen MR) is 71.1 cm³/mol. The molecule has 0 amide bonds. The summed E-state index contributed by atoms with van der Waals surface area (Å²) in [5.41, 5.74) is 1.72. The zero-order valence-electron chi connectivity index (χ0n) is 10.1. The van der Waals surface area contributed by atoms with Gasteiger partial charge >= 0.3 is 0 Å². The monoisotopic (exact) mass is 263 g/mol. The van der Waals surface area contributed by atoms with Crippen LogP contribution in [0.15, 0.2) is 36.5 Å². The number of aromatic nitrogens is 1. The molecule has 0 fully saturated rings. The molecule has 1 aromatic carbocycles. The standard InChI is InChI=1S/C14H14ClNO2/c1-2-10-5-3-4-6-13(10)18-14-7-11(9-17)12(15)8-16-14/h3-8,17H,2,9H2,1H3. The van der Waals surface area contributed by atoms with Gasteiger partial charge in [-0.05, 0) is 18.1 Å². The first-order chi connectivity index (χ1) is 8.74. The van der Waals surface area contributed by atoms with Gasteiger partial charge < -0.3 is 9.84 Å². The van der Waals surface area contributed by atoms with Crippen molar-refractivity contribution in [1.82, 2.24) is 4.98 Å². The average molecular weight is 264 g/mol. The number of aliphatic hydroxyl groups excluding tert-OH is 1. The number of hydrogen-bond acceptors (Lipinski definition) is 3. The van der Waals surface area contributed by atoms with Gasteiger partial charge in [0, 0.05) is 17.8 Å². The lowest BCUT2D eigenvalue weighted by Gasteiger charge is -2.10. The molecule has 1 aromatic heterocycles. The minimum Gasteiger partial charge on any atom is -0.439 e. The van der Waals surface area contributed by atoms with Crippen LogP contribution in [0.3, 0.4) is 0 Å². The number of para-hydroxylation sites is 1. The Balaban J connectivity index is 2.28. The third kappa shape index (κ3) is 2.81. The Morgan fingerprint density at radius 2 is 2.06 bits per heavy atom. The molecule has 1 N–H and O–H groups in total. The first kappa shape index (κ1) is 12.9. The van der Waals surface area contributed by atoms with E-state index in [1.54, 1.807) is 6.07 Å². The van der Waals surface area contributed by atoms with E-state index in [1.165, 1.54) is 6.20 Å². The van der Waals surface area contributed by atoms with Crippen molar-refractivity contribution >= 4 is 11.6 Å². The lowest BCUT2D eigenvalue weighted by atomic mass is 10.1. The molecule has 0 aliphatic rings.